The fourth-order valence-corrected chi connectivity index (χ4v) is 6.47. The van der Waals surface area contributed by atoms with Gasteiger partial charge >= 0.3 is 0 Å². The zero-order chi connectivity index (χ0) is 27.9. The van der Waals surface area contributed by atoms with E-state index >= 15 is 0 Å². The Hall–Kier alpha value is -3.21. The van der Waals surface area contributed by atoms with E-state index in [-0.39, 0.29) is 5.91 Å². The second-order valence-corrected chi connectivity index (χ2v) is 13.2. The highest BCUT2D eigenvalue weighted by atomic mass is 35.5. The molecule has 1 saturated heterocycles. The van der Waals surface area contributed by atoms with Crippen molar-refractivity contribution in [1.82, 2.24) is 14.3 Å². The molecule has 0 saturated carbocycles. The maximum absolute atomic E-state index is 12.4. The molecule has 3 aromatic rings. The molecule has 2 aromatic carbocycles. The van der Waals surface area contributed by atoms with Crippen LogP contribution in [0.2, 0.25) is 5.02 Å². The lowest BCUT2D eigenvalue weighted by Crippen LogP contribution is -2.37. The minimum Gasteiger partial charge on any atom is -0.365 e. The number of aromatic nitrogens is 2. The van der Waals surface area contributed by atoms with Crippen LogP contribution in [-0.2, 0) is 26.8 Å². The number of anilines is 4. The third-order valence-corrected chi connectivity index (χ3v) is 9.25. The number of aryl methyl sites for hydroxylation is 1. The molecule has 9 nitrogen and oxygen atoms in total. The molecule has 0 spiro atoms. The highest BCUT2D eigenvalue weighted by molar-refractivity contribution is 7.88. The molecule has 1 fully saturated rings. The first-order valence-electron chi connectivity index (χ1n) is 13.0. The summed E-state index contributed by atoms with van der Waals surface area (Å²) in [5, 5.41) is 9.96. The summed E-state index contributed by atoms with van der Waals surface area (Å²) in [5.74, 6) is 1.22. The zero-order valence-electron chi connectivity index (χ0n) is 22.5. The number of hydrogen-bond donors (Lipinski definition) is 3. The van der Waals surface area contributed by atoms with Gasteiger partial charge in [0.05, 0.1) is 17.9 Å². The van der Waals surface area contributed by atoms with Crippen LogP contribution >= 0.6 is 11.6 Å². The van der Waals surface area contributed by atoms with Crippen molar-refractivity contribution >= 4 is 50.7 Å². The van der Waals surface area contributed by atoms with Crippen LogP contribution < -0.4 is 16.0 Å². The van der Waals surface area contributed by atoms with Crippen LogP contribution in [0.15, 0.2) is 42.6 Å². The van der Waals surface area contributed by atoms with Crippen LogP contribution in [0.25, 0.3) is 0 Å². The second kappa shape index (κ2) is 10.4. The predicted molar refractivity (Wildman–Crippen MR) is 155 cm³/mol. The maximum atomic E-state index is 12.4. The number of carbonyl (C=O) groups excluding carboxylic acids is 1. The maximum Gasteiger partial charge on any atom is 0.234 e. The number of nitrogens with zero attached hydrogens (tertiary/aromatic N) is 3. The summed E-state index contributed by atoms with van der Waals surface area (Å²) >= 11 is 6.42. The van der Waals surface area contributed by atoms with Crippen LogP contribution in [0.1, 0.15) is 54.9 Å². The number of hydrogen-bond acceptors (Lipinski definition) is 7. The number of halogens is 1. The number of benzene rings is 2. The van der Waals surface area contributed by atoms with E-state index in [9.17, 15) is 13.2 Å². The molecule has 1 aromatic heterocycles. The molecule has 3 heterocycles. The summed E-state index contributed by atoms with van der Waals surface area (Å²) in [7, 11) is -3.14. The van der Waals surface area contributed by atoms with Gasteiger partial charge in [-0.15, -0.1) is 0 Å². The molecule has 206 valence electrons. The van der Waals surface area contributed by atoms with Crippen molar-refractivity contribution in [3.05, 3.63) is 69.9 Å². The van der Waals surface area contributed by atoms with Gasteiger partial charge < -0.3 is 16.0 Å². The van der Waals surface area contributed by atoms with Gasteiger partial charge in [-0.2, -0.15) is 4.98 Å². The summed E-state index contributed by atoms with van der Waals surface area (Å²) in [6, 6.07) is 12.1. The standard InChI is InChI=1S/C28H33ClN6O3S/c1-17-14-19(18-10-12-35(13-11-18)39(4,37)38)8-9-22(17)33-27-31-16-21(29)25(34-27)30-15-20-6-5-7-23-24(20)28(2,3)26(36)32-23/h5-9,14,16,18H,10-13,15H2,1-4H3,(H,32,36)(H2,30,31,33,34). The van der Waals surface area contributed by atoms with Gasteiger partial charge in [0.15, 0.2) is 5.82 Å². The summed E-state index contributed by atoms with van der Waals surface area (Å²) in [6.07, 6.45) is 4.44. The number of fused-ring (bicyclic) bond motifs is 1. The lowest BCUT2D eigenvalue weighted by molar-refractivity contribution is -0.119. The largest absolute Gasteiger partial charge is 0.365 e. The van der Waals surface area contributed by atoms with E-state index in [2.05, 4.69) is 38.1 Å². The first-order valence-corrected chi connectivity index (χ1v) is 15.2. The van der Waals surface area contributed by atoms with Gasteiger partial charge in [0.1, 0.15) is 5.02 Å². The highest BCUT2D eigenvalue weighted by Gasteiger charge is 2.39. The van der Waals surface area contributed by atoms with Gasteiger partial charge in [-0.25, -0.2) is 17.7 Å². The van der Waals surface area contributed by atoms with Crippen LogP contribution in [0.4, 0.5) is 23.1 Å². The molecule has 39 heavy (non-hydrogen) atoms. The van der Waals surface area contributed by atoms with Crippen molar-refractivity contribution in [3.8, 4) is 0 Å². The molecule has 0 atom stereocenters. The van der Waals surface area contributed by atoms with Gasteiger partial charge in [-0.3, -0.25) is 4.79 Å². The van der Waals surface area contributed by atoms with Gasteiger partial charge in [0.25, 0.3) is 0 Å². The molecular weight excluding hydrogens is 536 g/mol. The van der Waals surface area contributed by atoms with E-state index in [0.29, 0.717) is 42.3 Å². The lowest BCUT2D eigenvalue weighted by atomic mass is 9.83. The minimum atomic E-state index is -3.14. The fraction of sp³-hybridized carbons (Fsp3) is 0.393. The van der Waals surface area contributed by atoms with Crippen LogP contribution in [-0.4, -0.2) is 47.9 Å². The van der Waals surface area contributed by atoms with Crippen LogP contribution in [0, 0.1) is 6.92 Å². The van der Waals surface area contributed by atoms with E-state index < -0.39 is 15.4 Å². The van der Waals surface area contributed by atoms with Crippen molar-refractivity contribution in [2.75, 3.05) is 35.3 Å². The minimum absolute atomic E-state index is 0.0164. The molecule has 5 rings (SSSR count). The molecule has 2 aliphatic rings. The number of carbonyl (C=O) groups is 1. The number of amides is 1. The Morgan fingerprint density at radius 3 is 2.62 bits per heavy atom. The monoisotopic (exact) mass is 568 g/mol. The van der Waals surface area contributed by atoms with E-state index in [4.69, 9.17) is 11.6 Å². The average molecular weight is 569 g/mol. The smallest absolute Gasteiger partial charge is 0.234 e. The first kappa shape index (κ1) is 27.4. The van der Waals surface area contributed by atoms with Gasteiger partial charge in [0, 0.05) is 31.0 Å². The Labute approximate surface area is 234 Å². The van der Waals surface area contributed by atoms with E-state index in [0.717, 1.165) is 40.9 Å². The van der Waals surface area contributed by atoms with Crippen LogP contribution in [0.3, 0.4) is 0 Å². The molecule has 0 aliphatic carbocycles. The van der Waals surface area contributed by atoms with Crippen LogP contribution in [0.5, 0.6) is 0 Å². The first-order chi connectivity index (χ1) is 18.4. The third kappa shape index (κ3) is 5.59. The van der Waals surface area contributed by atoms with E-state index in [1.165, 1.54) is 11.8 Å². The topological polar surface area (TPSA) is 116 Å². The Balaban J connectivity index is 1.28. The summed E-state index contributed by atoms with van der Waals surface area (Å²) in [4.78, 5) is 21.4. The summed E-state index contributed by atoms with van der Waals surface area (Å²) in [6.45, 7) is 7.41. The number of rotatable bonds is 7. The Bertz CT molecular complexity index is 1530. The summed E-state index contributed by atoms with van der Waals surface area (Å²) < 4.78 is 25.2. The number of nitrogens with one attached hydrogen (secondary N) is 3. The molecule has 3 N–H and O–H groups in total. The van der Waals surface area contributed by atoms with Crippen molar-refractivity contribution in [2.45, 2.75) is 51.5 Å². The Morgan fingerprint density at radius 2 is 1.92 bits per heavy atom. The quantitative estimate of drug-likeness (QED) is 0.360. The van der Waals surface area contributed by atoms with Gasteiger partial charge in [-0.05, 0) is 73.9 Å². The second-order valence-electron chi connectivity index (χ2n) is 10.8. The molecule has 0 unspecified atom stereocenters. The van der Waals surface area contributed by atoms with E-state index in [1.54, 1.807) is 10.5 Å². The molecule has 1 amide bonds. The average Bonchev–Trinajstić information content (AvgIpc) is 3.13. The highest BCUT2D eigenvalue weighted by Crippen LogP contribution is 2.40. The van der Waals surface area contributed by atoms with Gasteiger partial charge in [0.2, 0.25) is 21.9 Å². The van der Waals surface area contributed by atoms with Crippen molar-refractivity contribution in [3.63, 3.8) is 0 Å². The normalized spacial score (nSPS) is 17.5. The number of sulfonamides is 1. The molecule has 0 radical (unpaired) electrons. The molecular formula is C28H33ClN6O3S. The van der Waals surface area contributed by atoms with E-state index in [1.807, 2.05) is 45.0 Å². The zero-order valence-corrected chi connectivity index (χ0v) is 24.1. The van der Waals surface area contributed by atoms with Gasteiger partial charge in [-0.1, -0.05) is 35.9 Å². The number of piperidine rings is 1. The van der Waals surface area contributed by atoms with Crippen molar-refractivity contribution < 1.29 is 13.2 Å². The Kier molecular flexibility index (Phi) is 7.30. The fourth-order valence-electron chi connectivity index (χ4n) is 5.43. The molecule has 0 bridgehead atoms. The van der Waals surface area contributed by atoms with Crippen molar-refractivity contribution in [1.29, 1.82) is 0 Å². The SMILES string of the molecule is Cc1cc(C2CCN(S(C)(=O)=O)CC2)ccc1Nc1ncc(Cl)c(NCc2cccc3c2C(C)(C)C(=O)N3)n1. The molecule has 2 aliphatic heterocycles. The Morgan fingerprint density at radius 1 is 1.18 bits per heavy atom. The lowest BCUT2D eigenvalue weighted by Gasteiger charge is -2.30. The predicted octanol–water partition coefficient (Wildman–Crippen LogP) is 5.16. The van der Waals surface area contributed by atoms with Crippen molar-refractivity contribution in [2.24, 2.45) is 0 Å². The molecule has 11 heteroatoms. The third-order valence-electron chi connectivity index (χ3n) is 7.67. The summed E-state index contributed by atoms with van der Waals surface area (Å²) in [5.41, 5.74) is 5.32.